The summed E-state index contributed by atoms with van der Waals surface area (Å²) in [6.07, 6.45) is 0.364. The van der Waals surface area contributed by atoms with Gasteiger partial charge in [-0.2, -0.15) is 0 Å². The molecule has 6 heteroatoms. The fraction of sp³-hybridized carbons (Fsp3) is 0.615. The first-order valence-corrected chi connectivity index (χ1v) is 8.34. The summed E-state index contributed by atoms with van der Waals surface area (Å²) in [6.45, 7) is 2.66. The number of aliphatic hydroxyl groups is 1. The number of rotatable bonds is 6. The molecule has 0 saturated carbocycles. The van der Waals surface area contributed by atoms with Crippen LogP contribution in [0.3, 0.4) is 0 Å². The molecule has 1 aromatic rings. The molecule has 2 heterocycles. The Bertz CT molecular complexity index is 410. The van der Waals surface area contributed by atoms with Gasteiger partial charge in [0.15, 0.2) is 0 Å². The first-order valence-electron chi connectivity index (χ1n) is 6.31. The van der Waals surface area contributed by atoms with Crippen LogP contribution in [0.5, 0.6) is 0 Å². The Morgan fingerprint density at radius 3 is 3.21 bits per heavy atom. The number of thioether (sulfide) groups is 1. The highest BCUT2D eigenvalue weighted by molar-refractivity contribution is 7.99. The van der Waals surface area contributed by atoms with Gasteiger partial charge in [-0.05, 0) is 18.4 Å². The molecule has 19 heavy (non-hydrogen) atoms. The number of ether oxygens (including phenoxy) is 1. The Morgan fingerprint density at radius 1 is 1.74 bits per heavy atom. The molecule has 0 bridgehead atoms. The lowest BCUT2D eigenvalue weighted by atomic mass is 9.97. The number of hydrogen-bond acceptors (Lipinski definition) is 5. The van der Waals surface area contributed by atoms with Crippen LogP contribution in [0.15, 0.2) is 17.5 Å². The van der Waals surface area contributed by atoms with Gasteiger partial charge in [0, 0.05) is 30.2 Å². The lowest BCUT2D eigenvalue weighted by Crippen LogP contribution is -2.47. The third kappa shape index (κ3) is 4.21. The van der Waals surface area contributed by atoms with E-state index in [1.165, 1.54) is 4.88 Å². The monoisotopic (exact) mass is 301 g/mol. The molecule has 4 nitrogen and oxygen atoms in total. The molecule has 1 aliphatic rings. The summed E-state index contributed by atoms with van der Waals surface area (Å²) >= 11 is 3.29. The minimum Gasteiger partial charge on any atom is -0.385 e. The van der Waals surface area contributed by atoms with E-state index in [0.29, 0.717) is 18.8 Å². The molecular weight excluding hydrogens is 282 g/mol. The van der Waals surface area contributed by atoms with Crippen molar-refractivity contribution in [3.63, 3.8) is 0 Å². The quantitative estimate of drug-likeness (QED) is 0.838. The molecule has 1 aliphatic heterocycles. The summed E-state index contributed by atoms with van der Waals surface area (Å²) in [5, 5.41) is 15.1. The van der Waals surface area contributed by atoms with Gasteiger partial charge in [-0.25, -0.2) is 0 Å². The number of thiophene rings is 1. The summed E-state index contributed by atoms with van der Waals surface area (Å²) in [5.41, 5.74) is -0.909. The summed E-state index contributed by atoms with van der Waals surface area (Å²) in [6, 6.07) is 4.08. The van der Waals surface area contributed by atoms with Gasteiger partial charge in [0.05, 0.1) is 11.9 Å². The van der Waals surface area contributed by atoms with Crippen LogP contribution in [-0.4, -0.2) is 41.6 Å². The molecular formula is C13H19NO3S2. The Hall–Kier alpha value is -0.560. The van der Waals surface area contributed by atoms with Gasteiger partial charge in [0.25, 0.3) is 0 Å². The number of carbonyl (C=O) groups excluding carboxylic acids is 1. The van der Waals surface area contributed by atoms with Gasteiger partial charge in [-0.3, -0.25) is 4.79 Å². The highest BCUT2D eigenvalue weighted by Gasteiger charge is 2.39. The molecule has 0 spiro atoms. The van der Waals surface area contributed by atoms with Crippen molar-refractivity contribution in [2.24, 2.45) is 0 Å². The molecule has 0 aliphatic carbocycles. The third-order valence-electron chi connectivity index (χ3n) is 3.31. The summed E-state index contributed by atoms with van der Waals surface area (Å²) in [7, 11) is 0. The van der Waals surface area contributed by atoms with Crippen molar-refractivity contribution < 1.29 is 14.6 Å². The van der Waals surface area contributed by atoms with E-state index in [1.54, 1.807) is 23.1 Å². The van der Waals surface area contributed by atoms with Crippen molar-refractivity contribution in [2.75, 3.05) is 18.9 Å². The second-order valence-electron chi connectivity index (χ2n) is 4.72. The third-order valence-corrected chi connectivity index (χ3v) is 5.35. The van der Waals surface area contributed by atoms with E-state index in [0.717, 1.165) is 5.75 Å². The number of hydrogen-bond donors (Lipinski definition) is 2. The van der Waals surface area contributed by atoms with E-state index in [-0.39, 0.29) is 18.6 Å². The number of carbonyl (C=O) groups is 1. The summed E-state index contributed by atoms with van der Waals surface area (Å²) < 4.78 is 5.33. The highest BCUT2D eigenvalue weighted by atomic mass is 32.2. The smallest absolute Gasteiger partial charge is 0.230 e. The second kappa shape index (κ2) is 6.74. The fourth-order valence-corrected chi connectivity index (χ4v) is 3.64. The van der Waals surface area contributed by atoms with E-state index in [9.17, 15) is 9.90 Å². The molecule has 0 aromatic carbocycles. The van der Waals surface area contributed by atoms with Crippen LogP contribution in [0.25, 0.3) is 0 Å². The van der Waals surface area contributed by atoms with Gasteiger partial charge in [-0.1, -0.05) is 6.07 Å². The lowest BCUT2D eigenvalue weighted by Gasteiger charge is -2.26. The van der Waals surface area contributed by atoms with Crippen molar-refractivity contribution in [1.29, 1.82) is 0 Å². The maximum atomic E-state index is 11.7. The molecule has 1 amide bonds. The maximum Gasteiger partial charge on any atom is 0.230 e. The van der Waals surface area contributed by atoms with Gasteiger partial charge < -0.3 is 15.2 Å². The van der Waals surface area contributed by atoms with Crippen LogP contribution in [0.2, 0.25) is 0 Å². The average Bonchev–Trinajstić information content (AvgIpc) is 2.99. The first kappa shape index (κ1) is 14.8. The predicted molar refractivity (Wildman–Crippen MR) is 78.5 cm³/mol. The Morgan fingerprint density at radius 2 is 2.58 bits per heavy atom. The van der Waals surface area contributed by atoms with E-state index in [4.69, 9.17) is 4.74 Å². The topological polar surface area (TPSA) is 58.6 Å². The standard InChI is InChI=1S/C13H19NO3S2/c1-10-13(16,4-5-17-10)9-14-12(15)8-18-7-11-3-2-6-19-11/h2-3,6,10,16H,4-5,7-9H2,1H3,(H,14,15). The van der Waals surface area contributed by atoms with Crippen LogP contribution in [0, 0.1) is 0 Å². The Balaban J connectivity index is 1.64. The molecule has 0 radical (unpaired) electrons. The van der Waals surface area contributed by atoms with Gasteiger partial charge in [-0.15, -0.1) is 23.1 Å². The summed E-state index contributed by atoms with van der Waals surface area (Å²) in [4.78, 5) is 13.0. The van der Waals surface area contributed by atoms with Crippen LogP contribution in [0.4, 0.5) is 0 Å². The van der Waals surface area contributed by atoms with E-state index in [2.05, 4.69) is 11.4 Å². The fourth-order valence-electron chi connectivity index (χ4n) is 1.94. The van der Waals surface area contributed by atoms with Crippen molar-refractivity contribution >= 4 is 29.0 Å². The van der Waals surface area contributed by atoms with Gasteiger partial charge in [0.2, 0.25) is 5.91 Å². The van der Waals surface area contributed by atoms with Crippen LogP contribution in [-0.2, 0) is 15.3 Å². The van der Waals surface area contributed by atoms with Gasteiger partial charge in [0.1, 0.15) is 5.60 Å². The molecule has 2 atom stereocenters. The Kier molecular flexibility index (Phi) is 5.27. The average molecular weight is 301 g/mol. The molecule has 2 unspecified atom stereocenters. The number of amides is 1. The van der Waals surface area contributed by atoms with Crippen molar-refractivity contribution in [1.82, 2.24) is 5.32 Å². The maximum absolute atomic E-state index is 11.7. The lowest BCUT2D eigenvalue weighted by molar-refractivity contribution is -0.120. The van der Waals surface area contributed by atoms with Gasteiger partial charge >= 0.3 is 0 Å². The molecule has 1 saturated heterocycles. The zero-order valence-electron chi connectivity index (χ0n) is 10.9. The first-order chi connectivity index (χ1) is 9.10. The van der Waals surface area contributed by atoms with E-state index in [1.807, 2.05) is 18.4 Å². The van der Waals surface area contributed by atoms with Crippen molar-refractivity contribution in [3.05, 3.63) is 22.4 Å². The molecule has 2 rings (SSSR count). The Labute approximate surface area is 121 Å². The minimum absolute atomic E-state index is 0.0333. The van der Waals surface area contributed by atoms with Crippen molar-refractivity contribution in [3.8, 4) is 0 Å². The van der Waals surface area contributed by atoms with Crippen LogP contribution >= 0.6 is 23.1 Å². The van der Waals surface area contributed by atoms with E-state index < -0.39 is 5.60 Å². The molecule has 1 fully saturated rings. The molecule has 2 N–H and O–H groups in total. The van der Waals surface area contributed by atoms with Crippen LogP contribution < -0.4 is 5.32 Å². The van der Waals surface area contributed by atoms with E-state index >= 15 is 0 Å². The van der Waals surface area contributed by atoms with Crippen molar-refractivity contribution in [2.45, 2.75) is 30.8 Å². The highest BCUT2D eigenvalue weighted by Crippen LogP contribution is 2.24. The number of nitrogens with one attached hydrogen (secondary N) is 1. The minimum atomic E-state index is -0.909. The SMILES string of the molecule is CC1OCCC1(O)CNC(=O)CSCc1cccs1. The molecule has 106 valence electrons. The normalized spacial score (nSPS) is 26.5. The molecule has 1 aromatic heterocycles. The zero-order chi connectivity index (χ0) is 13.7. The van der Waals surface area contributed by atoms with Crippen LogP contribution in [0.1, 0.15) is 18.2 Å². The summed E-state index contributed by atoms with van der Waals surface area (Å²) in [5.74, 6) is 1.24. The second-order valence-corrected chi connectivity index (χ2v) is 6.73. The largest absolute Gasteiger partial charge is 0.385 e. The predicted octanol–water partition coefficient (Wildman–Crippen LogP) is 1.64. The zero-order valence-corrected chi connectivity index (χ0v) is 12.6.